The number of amides is 1. The fraction of sp³-hybridized carbons (Fsp3) is 0.357. The summed E-state index contributed by atoms with van der Waals surface area (Å²) in [7, 11) is 4.38. The van der Waals surface area contributed by atoms with Gasteiger partial charge in [-0.15, -0.1) is 0 Å². The van der Waals surface area contributed by atoms with Crippen molar-refractivity contribution in [3.8, 4) is 11.8 Å². The lowest BCUT2D eigenvalue weighted by molar-refractivity contribution is 0.0523. The minimum absolute atomic E-state index is 0.0267. The van der Waals surface area contributed by atoms with Crippen LogP contribution in [0.2, 0.25) is 0 Å². The Morgan fingerprint density at radius 2 is 1.83 bits per heavy atom. The largest absolute Gasteiger partial charge is 0.481 e. The van der Waals surface area contributed by atoms with E-state index in [2.05, 4.69) is 20.4 Å². The van der Waals surface area contributed by atoms with E-state index in [0.717, 1.165) is 0 Å². The topological polar surface area (TPSA) is 117 Å². The number of hydrogen-bond acceptors (Lipinski definition) is 8. The van der Waals surface area contributed by atoms with Crippen molar-refractivity contribution in [3.05, 3.63) is 23.5 Å². The van der Waals surface area contributed by atoms with E-state index in [4.69, 9.17) is 14.2 Å². The number of nitrogens with one attached hydrogen (secondary N) is 1. The highest BCUT2D eigenvalue weighted by atomic mass is 16.5. The van der Waals surface area contributed by atoms with Crippen LogP contribution < -0.4 is 14.8 Å². The first-order chi connectivity index (χ1) is 11.5. The van der Waals surface area contributed by atoms with Crippen LogP contribution in [0.5, 0.6) is 11.8 Å². The molecule has 0 aliphatic heterocycles. The van der Waals surface area contributed by atoms with Crippen molar-refractivity contribution < 1.29 is 23.8 Å². The number of methoxy groups -OCH3 is 2. The molecule has 2 rings (SSSR count). The smallest absolute Gasteiger partial charge is 0.342 e. The Morgan fingerprint density at radius 1 is 1.21 bits per heavy atom. The first-order valence-electron chi connectivity index (χ1n) is 6.97. The van der Waals surface area contributed by atoms with Gasteiger partial charge in [-0.2, -0.15) is 15.1 Å². The Balaban J connectivity index is 2.31. The summed E-state index contributed by atoms with van der Waals surface area (Å²) in [6.45, 7) is 1.86. The molecule has 128 valence electrons. The normalized spacial score (nSPS) is 10.2. The van der Waals surface area contributed by atoms with Gasteiger partial charge in [0.2, 0.25) is 17.7 Å². The maximum absolute atomic E-state index is 12.5. The van der Waals surface area contributed by atoms with Crippen LogP contribution in [0.1, 0.15) is 27.8 Å². The van der Waals surface area contributed by atoms with Crippen LogP contribution in [-0.2, 0) is 11.8 Å². The SMILES string of the molecule is CCOC(=O)c1cnn(C)c1C(=O)Nc1nc(OC)cc(OC)n1. The lowest BCUT2D eigenvalue weighted by Crippen LogP contribution is -2.21. The molecule has 0 radical (unpaired) electrons. The van der Waals surface area contributed by atoms with E-state index in [1.54, 1.807) is 6.92 Å². The lowest BCUT2D eigenvalue weighted by Gasteiger charge is -2.09. The van der Waals surface area contributed by atoms with Crippen LogP contribution in [0.3, 0.4) is 0 Å². The predicted octanol–water partition coefficient (Wildman–Crippen LogP) is 0.656. The average Bonchev–Trinajstić information content (AvgIpc) is 2.96. The molecule has 2 aromatic rings. The van der Waals surface area contributed by atoms with E-state index in [1.165, 1.54) is 38.2 Å². The van der Waals surface area contributed by atoms with Gasteiger partial charge in [0, 0.05) is 7.05 Å². The van der Waals surface area contributed by atoms with Crippen LogP contribution in [0.25, 0.3) is 0 Å². The van der Waals surface area contributed by atoms with Crippen molar-refractivity contribution in [3.63, 3.8) is 0 Å². The molecule has 0 saturated heterocycles. The molecule has 0 fully saturated rings. The fourth-order valence-electron chi connectivity index (χ4n) is 1.89. The highest BCUT2D eigenvalue weighted by Crippen LogP contribution is 2.18. The van der Waals surface area contributed by atoms with Crippen LogP contribution in [0.15, 0.2) is 12.3 Å². The summed E-state index contributed by atoms with van der Waals surface area (Å²) in [5.74, 6) is -0.860. The number of carbonyl (C=O) groups is 2. The zero-order chi connectivity index (χ0) is 17.7. The predicted molar refractivity (Wildman–Crippen MR) is 82.3 cm³/mol. The quantitative estimate of drug-likeness (QED) is 0.765. The Hall–Kier alpha value is -3.17. The van der Waals surface area contributed by atoms with Gasteiger partial charge in [-0.25, -0.2) is 4.79 Å². The maximum atomic E-state index is 12.5. The minimum atomic E-state index is -0.639. The van der Waals surface area contributed by atoms with Gasteiger partial charge in [-0.3, -0.25) is 14.8 Å². The van der Waals surface area contributed by atoms with Gasteiger partial charge in [-0.1, -0.05) is 0 Å². The minimum Gasteiger partial charge on any atom is -0.481 e. The van der Waals surface area contributed by atoms with Crippen molar-refractivity contribution >= 4 is 17.8 Å². The molecule has 1 N–H and O–H groups in total. The molecule has 10 nitrogen and oxygen atoms in total. The number of anilines is 1. The standard InChI is InChI=1S/C14H17N5O5/c1-5-24-13(21)8-7-15-19(2)11(8)12(20)18-14-16-9(22-3)6-10(17-14)23-4/h6-7H,5H2,1-4H3,(H,16,17,18,20). The molecule has 0 aliphatic carbocycles. The second-order valence-corrected chi connectivity index (χ2v) is 4.48. The Morgan fingerprint density at radius 3 is 2.38 bits per heavy atom. The van der Waals surface area contributed by atoms with E-state index in [1.807, 2.05) is 0 Å². The monoisotopic (exact) mass is 335 g/mol. The first kappa shape index (κ1) is 17.2. The molecule has 0 atom stereocenters. The number of esters is 1. The number of hydrogen-bond donors (Lipinski definition) is 1. The molecule has 2 aromatic heterocycles. The average molecular weight is 335 g/mol. The molecule has 0 unspecified atom stereocenters. The molecule has 1 amide bonds. The van der Waals surface area contributed by atoms with E-state index in [-0.39, 0.29) is 35.6 Å². The van der Waals surface area contributed by atoms with Gasteiger partial charge in [0.15, 0.2) is 0 Å². The van der Waals surface area contributed by atoms with Crippen LogP contribution in [0.4, 0.5) is 5.95 Å². The summed E-state index contributed by atoms with van der Waals surface area (Å²) in [6.07, 6.45) is 1.26. The number of carbonyl (C=O) groups excluding carboxylic acids is 2. The Kier molecular flexibility index (Phi) is 5.30. The molecule has 0 bridgehead atoms. The van der Waals surface area contributed by atoms with E-state index in [0.29, 0.717) is 0 Å². The third-order valence-electron chi connectivity index (χ3n) is 2.97. The molecular weight excluding hydrogens is 318 g/mol. The summed E-state index contributed by atoms with van der Waals surface area (Å²) in [4.78, 5) is 32.4. The third-order valence-corrected chi connectivity index (χ3v) is 2.97. The van der Waals surface area contributed by atoms with E-state index in [9.17, 15) is 9.59 Å². The molecule has 2 heterocycles. The molecular formula is C14H17N5O5. The number of nitrogens with zero attached hydrogens (tertiary/aromatic N) is 4. The summed E-state index contributed by atoms with van der Waals surface area (Å²) in [5, 5.41) is 6.40. The van der Waals surface area contributed by atoms with E-state index >= 15 is 0 Å². The number of ether oxygens (including phenoxy) is 3. The highest BCUT2D eigenvalue weighted by molar-refractivity contribution is 6.09. The molecule has 0 saturated carbocycles. The zero-order valence-electron chi connectivity index (χ0n) is 13.7. The Bertz CT molecular complexity index is 736. The second-order valence-electron chi connectivity index (χ2n) is 4.48. The van der Waals surface area contributed by atoms with Crippen LogP contribution in [-0.4, -0.2) is 52.5 Å². The van der Waals surface area contributed by atoms with Crippen molar-refractivity contribution in [2.24, 2.45) is 7.05 Å². The summed E-state index contributed by atoms with van der Waals surface area (Å²) >= 11 is 0. The highest BCUT2D eigenvalue weighted by Gasteiger charge is 2.24. The van der Waals surface area contributed by atoms with Crippen molar-refractivity contribution in [2.45, 2.75) is 6.92 Å². The molecule has 10 heteroatoms. The van der Waals surface area contributed by atoms with E-state index < -0.39 is 11.9 Å². The number of aromatic nitrogens is 4. The van der Waals surface area contributed by atoms with Gasteiger partial charge in [0.25, 0.3) is 5.91 Å². The first-order valence-corrected chi connectivity index (χ1v) is 6.97. The van der Waals surface area contributed by atoms with Crippen molar-refractivity contribution in [1.29, 1.82) is 0 Å². The summed E-state index contributed by atoms with van der Waals surface area (Å²) < 4.78 is 16.2. The zero-order valence-corrected chi connectivity index (χ0v) is 13.7. The van der Waals surface area contributed by atoms with Gasteiger partial charge in [0.05, 0.1) is 33.1 Å². The Labute approximate surface area is 137 Å². The number of aryl methyl sites for hydroxylation is 1. The van der Waals surface area contributed by atoms with Gasteiger partial charge in [0.1, 0.15) is 11.3 Å². The van der Waals surface area contributed by atoms with Crippen LogP contribution in [0, 0.1) is 0 Å². The fourth-order valence-corrected chi connectivity index (χ4v) is 1.89. The number of rotatable bonds is 6. The molecule has 0 aromatic carbocycles. The van der Waals surface area contributed by atoms with Gasteiger partial charge < -0.3 is 14.2 Å². The third kappa shape index (κ3) is 3.59. The second kappa shape index (κ2) is 7.40. The van der Waals surface area contributed by atoms with Gasteiger partial charge in [-0.05, 0) is 6.92 Å². The molecule has 0 spiro atoms. The van der Waals surface area contributed by atoms with Crippen molar-refractivity contribution in [2.75, 3.05) is 26.1 Å². The summed E-state index contributed by atoms with van der Waals surface area (Å²) in [5.41, 5.74) is 0.0746. The van der Waals surface area contributed by atoms with Gasteiger partial charge >= 0.3 is 5.97 Å². The molecule has 24 heavy (non-hydrogen) atoms. The van der Waals surface area contributed by atoms with Crippen molar-refractivity contribution in [1.82, 2.24) is 19.7 Å². The lowest BCUT2D eigenvalue weighted by atomic mass is 10.2. The maximum Gasteiger partial charge on any atom is 0.342 e. The van der Waals surface area contributed by atoms with Crippen LogP contribution >= 0.6 is 0 Å². The molecule has 0 aliphatic rings. The summed E-state index contributed by atoms with van der Waals surface area (Å²) in [6, 6.07) is 1.46.